The molecule has 0 aliphatic carbocycles. The second-order valence-corrected chi connectivity index (χ2v) is 8.30. The van der Waals surface area contributed by atoms with E-state index in [1.165, 1.54) is 0 Å². The maximum absolute atomic E-state index is 12.2. The van der Waals surface area contributed by atoms with E-state index in [1.807, 2.05) is 42.5 Å². The second kappa shape index (κ2) is 8.99. The van der Waals surface area contributed by atoms with Crippen molar-refractivity contribution in [2.75, 3.05) is 37.0 Å². The number of hydrogen-bond acceptors (Lipinski definition) is 7. The fraction of sp³-hybridized carbons (Fsp3) is 0.318. The molecule has 0 unspecified atom stereocenters. The van der Waals surface area contributed by atoms with E-state index in [1.54, 1.807) is 16.3 Å². The summed E-state index contributed by atoms with van der Waals surface area (Å²) in [6.45, 7) is 3.58. The van der Waals surface area contributed by atoms with E-state index in [4.69, 9.17) is 9.15 Å². The number of morpholine rings is 1. The zero-order valence-electron chi connectivity index (χ0n) is 17.0. The summed E-state index contributed by atoms with van der Waals surface area (Å²) in [5, 5.41) is 9.81. The molecular weight excluding hydrogens is 414 g/mol. The van der Waals surface area contributed by atoms with Crippen LogP contribution in [0.15, 0.2) is 69.0 Å². The van der Waals surface area contributed by atoms with Crippen molar-refractivity contribution >= 4 is 28.8 Å². The van der Waals surface area contributed by atoms with Crippen LogP contribution in [-0.2, 0) is 11.3 Å². The molecule has 4 aromatic rings. The number of nitrogens with zero attached hydrogens (tertiary/aromatic N) is 5. The smallest absolute Gasteiger partial charge is 0.408 e. The summed E-state index contributed by atoms with van der Waals surface area (Å²) in [4.78, 5) is 14.4. The number of oxazole rings is 1. The van der Waals surface area contributed by atoms with Gasteiger partial charge >= 0.3 is 5.76 Å². The van der Waals surface area contributed by atoms with Crippen LogP contribution in [0.25, 0.3) is 16.8 Å². The summed E-state index contributed by atoms with van der Waals surface area (Å²) < 4.78 is 14.6. The highest BCUT2D eigenvalue weighted by Crippen LogP contribution is 2.27. The van der Waals surface area contributed by atoms with Gasteiger partial charge in [0.15, 0.2) is 10.7 Å². The predicted octanol–water partition coefficient (Wildman–Crippen LogP) is 3.19. The summed E-state index contributed by atoms with van der Waals surface area (Å²) in [5.74, 6) is 1.34. The van der Waals surface area contributed by atoms with E-state index in [2.05, 4.69) is 31.8 Å². The monoisotopic (exact) mass is 437 g/mol. The molecule has 2 aromatic carbocycles. The molecule has 5 rings (SSSR count). The summed E-state index contributed by atoms with van der Waals surface area (Å²) in [7, 11) is 0. The van der Waals surface area contributed by atoms with Crippen LogP contribution in [0.2, 0.25) is 0 Å². The average molecular weight is 438 g/mol. The summed E-state index contributed by atoms with van der Waals surface area (Å²) >= 11 is 1.65. The van der Waals surface area contributed by atoms with Gasteiger partial charge in [-0.2, -0.15) is 0 Å². The third-order valence-corrected chi connectivity index (χ3v) is 6.27. The summed E-state index contributed by atoms with van der Waals surface area (Å²) in [6, 6.07) is 17.7. The van der Waals surface area contributed by atoms with Crippen LogP contribution < -0.4 is 10.7 Å². The lowest BCUT2D eigenvalue weighted by Gasteiger charge is -2.27. The largest absolute Gasteiger partial charge is 0.419 e. The first-order valence-corrected chi connectivity index (χ1v) is 11.3. The molecule has 0 amide bonds. The molecule has 2 aromatic heterocycles. The number of para-hydroxylation sites is 3. The third-order valence-electron chi connectivity index (χ3n) is 5.26. The Morgan fingerprint density at radius 1 is 0.968 bits per heavy atom. The van der Waals surface area contributed by atoms with Gasteiger partial charge < -0.3 is 14.1 Å². The number of fused-ring (bicyclic) bond motifs is 1. The number of anilines is 1. The van der Waals surface area contributed by atoms with E-state index < -0.39 is 0 Å². The van der Waals surface area contributed by atoms with Crippen molar-refractivity contribution < 1.29 is 9.15 Å². The molecule has 3 heterocycles. The average Bonchev–Trinajstić information content (AvgIpc) is 3.38. The van der Waals surface area contributed by atoms with E-state index in [0.717, 1.165) is 47.6 Å². The number of ether oxygens (including phenoxy) is 1. The lowest BCUT2D eigenvalue weighted by atomic mass is 10.3. The summed E-state index contributed by atoms with van der Waals surface area (Å²) in [5.41, 5.74) is 2.49. The molecule has 0 radical (unpaired) electrons. The van der Waals surface area contributed by atoms with E-state index >= 15 is 0 Å². The molecule has 31 heavy (non-hydrogen) atoms. The molecule has 0 N–H and O–H groups in total. The number of rotatable bonds is 7. The predicted molar refractivity (Wildman–Crippen MR) is 120 cm³/mol. The van der Waals surface area contributed by atoms with Crippen LogP contribution in [-0.4, -0.2) is 51.4 Å². The fourth-order valence-electron chi connectivity index (χ4n) is 3.74. The van der Waals surface area contributed by atoms with Crippen LogP contribution in [0, 0.1) is 0 Å². The molecule has 0 atom stereocenters. The van der Waals surface area contributed by atoms with E-state index in [9.17, 15) is 4.79 Å². The van der Waals surface area contributed by atoms with Crippen molar-refractivity contribution in [1.29, 1.82) is 0 Å². The van der Waals surface area contributed by atoms with Gasteiger partial charge in [0.05, 0.1) is 24.4 Å². The molecule has 160 valence electrons. The number of benzene rings is 2. The Balaban J connectivity index is 1.32. The first kappa shape index (κ1) is 19.9. The highest BCUT2D eigenvalue weighted by molar-refractivity contribution is 7.99. The third kappa shape index (κ3) is 4.11. The Kier molecular flexibility index (Phi) is 5.77. The molecule has 0 saturated carbocycles. The van der Waals surface area contributed by atoms with Crippen molar-refractivity contribution in [2.24, 2.45) is 0 Å². The normalized spacial score (nSPS) is 14.4. The van der Waals surface area contributed by atoms with Crippen molar-refractivity contribution in [2.45, 2.75) is 18.1 Å². The Morgan fingerprint density at radius 2 is 1.74 bits per heavy atom. The molecule has 1 saturated heterocycles. The lowest BCUT2D eigenvalue weighted by Crippen LogP contribution is -2.37. The Morgan fingerprint density at radius 3 is 2.58 bits per heavy atom. The van der Waals surface area contributed by atoms with Gasteiger partial charge in [-0.1, -0.05) is 42.1 Å². The summed E-state index contributed by atoms with van der Waals surface area (Å²) in [6.07, 6.45) is 0.808. The van der Waals surface area contributed by atoms with Crippen LogP contribution in [0.5, 0.6) is 0 Å². The minimum absolute atomic E-state index is 0.312. The van der Waals surface area contributed by atoms with Crippen molar-refractivity contribution in [3.05, 3.63) is 65.1 Å². The lowest BCUT2D eigenvalue weighted by molar-refractivity contribution is 0.122. The fourth-order valence-corrected chi connectivity index (χ4v) is 4.61. The van der Waals surface area contributed by atoms with Crippen LogP contribution >= 0.6 is 11.8 Å². The van der Waals surface area contributed by atoms with Gasteiger partial charge in [-0.25, -0.2) is 4.79 Å². The van der Waals surface area contributed by atoms with Crippen LogP contribution in [0.1, 0.15) is 6.42 Å². The molecule has 0 bridgehead atoms. The van der Waals surface area contributed by atoms with E-state index in [0.29, 0.717) is 25.3 Å². The van der Waals surface area contributed by atoms with Crippen molar-refractivity contribution in [1.82, 2.24) is 19.3 Å². The van der Waals surface area contributed by atoms with Crippen molar-refractivity contribution in [3.8, 4) is 5.69 Å². The highest BCUT2D eigenvalue weighted by Gasteiger charge is 2.21. The molecule has 0 spiro atoms. The minimum atomic E-state index is -0.312. The zero-order valence-corrected chi connectivity index (χ0v) is 17.8. The van der Waals surface area contributed by atoms with Crippen LogP contribution in [0.3, 0.4) is 0 Å². The van der Waals surface area contributed by atoms with Gasteiger partial charge in [-0.05, 0) is 30.7 Å². The molecule has 1 aliphatic heterocycles. The van der Waals surface area contributed by atoms with Crippen molar-refractivity contribution in [3.63, 3.8) is 0 Å². The van der Waals surface area contributed by atoms with Gasteiger partial charge in [-0.15, -0.1) is 10.2 Å². The maximum atomic E-state index is 12.2. The zero-order chi connectivity index (χ0) is 21.0. The van der Waals surface area contributed by atoms with Crippen LogP contribution in [0.4, 0.5) is 5.95 Å². The number of hydrogen-bond donors (Lipinski definition) is 0. The Hall–Kier alpha value is -3.04. The van der Waals surface area contributed by atoms with Gasteiger partial charge in [-0.3, -0.25) is 9.13 Å². The van der Waals surface area contributed by atoms with E-state index in [-0.39, 0.29) is 5.76 Å². The highest BCUT2D eigenvalue weighted by atomic mass is 32.2. The first-order chi connectivity index (χ1) is 15.3. The molecule has 1 fully saturated rings. The topological polar surface area (TPSA) is 78.3 Å². The van der Waals surface area contributed by atoms with Gasteiger partial charge in [0.2, 0.25) is 5.95 Å². The maximum Gasteiger partial charge on any atom is 0.419 e. The number of thioether (sulfide) groups is 1. The first-order valence-electron chi connectivity index (χ1n) is 10.4. The SMILES string of the molecule is O=c1oc2ccccc2n1CCCSc1nnc(N2CCOCC2)n1-c1ccccc1. The van der Waals surface area contributed by atoms with Gasteiger partial charge in [0.1, 0.15) is 0 Å². The second-order valence-electron chi connectivity index (χ2n) is 7.24. The molecule has 9 heteroatoms. The molecule has 8 nitrogen and oxygen atoms in total. The quantitative estimate of drug-likeness (QED) is 0.325. The molecular formula is C22H23N5O3S. The number of aromatic nitrogens is 4. The number of aryl methyl sites for hydroxylation is 1. The Bertz CT molecular complexity index is 1210. The standard InChI is InChI=1S/C22H23N5O3S/c28-22-26(18-9-4-5-10-19(18)30-22)11-6-16-31-21-24-23-20(25-12-14-29-15-13-25)27(21)17-7-2-1-3-8-17/h1-5,7-10H,6,11-16H2. The molecule has 1 aliphatic rings. The van der Waals surface area contributed by atoms with Gasteiger partial charge in [0.25, 0.3) is 0 Å². The Labute approximate surface area is 183 Å². The van der Waals surface area contributed by atoms with Gasteiger partial charge in [0, 0.05) is 25.4 Å². The minimum Gasteiger partial charge on any atom is -0.408 e.